The molecule has 1 saturated heterocycles. The molecule has 0 bridgehead atoms. The molecule has 1 aliphatic heterocycles. The van der Waals surface area contributed by atoms with Gasteiger partial charge in [0.2, 0.25) is 5.91 Å². The van der Waals surface area contributed by atoms with E-state index in [0.29, 0.717) is 15.8 Å². The molecule has 1 heterocycles. The van der Waals surface area contributed by atoms with E-state index in [4.69, 9.17) is 32.3 Å². The Morgan fingerprint density at radius 3 is 2.31 bits per heavy atom. The average molecular weight is 417 g/mol. The zero-order valence-corrected chi connectivity index (χ0v) is 18.3. The van der Waals surface area contributed by atoms with Gasteiger partial charge in [0, 0.05) is 42.3 Å². The van der Waals surface area contributed by atoms with Crippen LogP contribution in [0.4, 0.5) is 0 Å². The fourth-order valence-corrected chi connectivity index (χ4v) is 3.83. The van der Waals surface area contributed by atoms with E-state index in [-0.39, 0.29) is 16.6 Å². The second-order valence-electron chi connectivity index (χ2n) is 7.43. The molecule has 0 unspecified atom stereocenters. The van der Waals surface area contributed by atoms with Crippen LogP contribution in [0, 0.1) is 5.92 Å². The number of amides is 1. The Bertz CT molecular complexity index is 694. The lowest BCUT2D eigenvalue weighted by molar-refractivity contribution is -0.129. The Balaban J connectivity index is 2.40. The molecule has 0 spiro atoms. The Morgan fingerprint density at radius 2 is 1.81 bits per heavy atom. The number of benzene rings is 1. The van der Waals surface area contributed by atoms with Crippen molar-refractivity contribution in [3.8, 4) is 5.75 Å². The molecule has 0 saturated carbocycles. The Hall–Kier alpha value is -0.910. The second kappa shape index (κ2) is 8.85. The number of halogens is 2. The molecule has 1 amide bonds. The molecule has 4 nitrogen and oxygen atoms in total. The number of likely N-dealkylation sites (tertiary alicyclic amines) is 1. The predicted octanol–water partition coefficient (Wildman–Crippen LogP) is 5.50. The summed E-state index contributed by atoms with van der Waals surface area (Å²) in [5, 5.41) is 0.943. The van der Waals surface area contributed by atoms with E-state index in [1.807, 2.05) is 11.0 Å². The standard InChI is InChI=1S/C19H26Cl2N2O2S/c1-12(24)23-8-6-13(7-9-23)18(22-26-19(2,3)4)14-10-15(20)16(21)11-17(14)25-5/h10-11,13H,6-9H2,1-5H3/b22-18+. The van der Waals surface area contributed by atoms with Gasteiger partial charge >= 0.3 is 0 Å². The average Bonchev–Trinajstić information content (AvgIpc) is 2.57. The van der Waals surface area contributed by atoms with E-state index in [1.54, 1.807) is 32.0 Å². The predicted molar refractivity (Wildman–Crippen MR) is 112 cm³/mol. The van der Waals surface area contributed by atoms with Crippen molar-refractivity contribution >= 4 is 46.8 Å². The Kier molecular flexibility index (Phi) is 7.28. The van der Waals surface area contributed by atoms with Crippen LogP contribution >= 0.6 is 35.1 Å². The van der Waals surface area contributed by atoms with Gasteiger partial charge in [0.1, 0.15) is 5.75 Å². The number of ether oxygens (including phenoxy) is 1. The zero-order chi connectivity index (χ0) is 19.5. The topological polar surface area (TPSA) is 41.9 Å². The lowest BCUT2D eigenvalue weighted by atomic mass is 9.88. The first-order valence-electron chi connectivity index (χ1n) is 8.67. The van der Waals surface area contributed by atoms with Crippen molar-refractivity contribution in [3.05, 3.63) is 27.7 Å². The third-order valence-corrected chi connectivity index (χ3v) is 5.82. The van der Waals surface area contributed by atoms with E-state index in [0.717, 1.165) is 37.2 Å². The largest absolute Gasteiger partial charge is 0.496 e. The molecular formula is C19H26Cl2N2O2S. The number of carbonyl (C=O) groups excluding carboxylic acids is 1. The molecule has 0 atom stereocenters. The van der Waals surface area contributed by atoms with Crippen molar-refractivity contribution in [2.24, 2.45) is 10.3 Å². The highest BCUT2D eigenvalue weighted by atomic mass is 35.5. The molecule has 0 aromatic heterocycles. The summed E-state index contributed by atoms with van der Waals surface area (Å²) in [4.78, 5) is 13.5. The number of nitrogens with zero attached hydrogens (tertiary/aromatic N) is 2. The highest BCUT2D eigenvalue weighted by molar-refractivity contribution is 7.99. The Morgan fingerprint density at radius 1 is 1.23 bits per heavy atom. The minimum Gasteiger partial charge on any atom is -0.496 e. The van der Waals surface area contributed by atoms with Crippen LogP contribution in [-0.4, -0.2) is 41.5 Å². The molecule has 1 aromatic carbocycles. The highest BCUT2D eigenvalue weighted by Crippen LogP contribution is 2.36. The molecule has 1 aromatic rings. The minimum absolute atomic E-state index is 0.00517. The summed E-state index contributed by atoms with van der Waals surface area (Å²) < 4.78 is 10.4. The number of hydrogen-bond donors (Lipinski definition) is 0. The summed E-state index contributed by atoms with van der Waals surface area (Å²) in [6, 6.07) is 3.57. The lowest BCUT2D eigenvalue weighted by Gasteiger charge is -2.32. The summed E-state index contributed by atoms with van der Waals surface area (Å²) >= 11 is 14.0. The van der Waals surface area contributed by atoms with Crippen molar-refractivity contribution in [1.82, 2.24) is 4.90 Å². The molecule has 0 radical (unpaired) electrons. The van der Waals surface area contributed by atoms with Gasteiger partial charge in [-0.2, -0.15) is 0 Å². The maximum atomic E-state index is 11.6. The summed E-state index contributed by atoms with van der Waals surface area (Å²) in [7, 11) is 1.62. The molecule has 1 aliphatic rings. The summed E-state index contributed by atoms with van der Waals surface area (Å²) in [6.07, 6.45) is 1.74. The molecule has 1 fully saturated rings. The maximum Gasteiger partial charge on any atom is 0.219 e. The fraction of sp³-hybridized carbons (Fsp3) is 0.579. The summed E-state index contributed by atoms with van der Waals surface area (Å²) in [5.41, 5.74) is 1.84. The first-order valence-corrected chi connectivity index (χ1v) is 10.2. The van der Waals surface area contributed by atoms with Crippen LogP contribution in [0.25, 0.3) is 0 Å². The first kappa shape index (κ1) is 21.4. The van der Waals surface area contributed by atoms with E-state index in [9.17, 15) is 4.79 Å². The highest BCUT2D eigenvalue weighted by Gasteiger charge is 2.28. The van der Waals surface area contributed by atoms with Crippen LogP contribution < -0.4 is 4.74 Å². The van der Waals surface area contributed by atoms with Gasteiger partial charge in [-0.3, -0.25) is 4.79 Å². The van der Waals surface area contributed by atoms with E-state index < -0.39 is 0 Å². The number of hydrogen-bond acceptors (Lipinski definition) is 4. The number of methoxy groups -OCH3 is 1. The molecular weight excluding hydrogens is 391 g/mol. The van der Waals surface area contributed by atoms with Crippen molar-refractivity contribution in [1.29, 1.82) is 0 Å². The number of rotatable bonds is 4. The van der Waals surface area contributed by atoms with Crippen LogP contribution in [0.3, 0.4) is 0 Å². The third kappa shape index (κ3) is 5.54. The van der Waals surface area contributed by atoms with Gasteiger partial charge in [-0.05, 0) is 51.6 Å². The lowest BCUT2D eigenvalue weighted by Crippen LogP contribution is -2.39. The zero-order valence-electron chi connectivity index (χ0n) is 15.9. The monoisotopic (exact) mass is 416 g/mol. The van der Waals surface area contributed by atoms with Gasteiger partial charge in [0.25, 0.3) is 0 Å². The van der Waals surface area contributed by atoms with Crippen molar-refractivity contribution in [3.63, 3.8) is 0 Å². The normalized spacial score (nSPS) is 16.7. The van der Waals surface area contributed by atoms with Crippen LogP contribution in [0.5, 0.6) is 5.75 Å². The van der Waals surface area contributed by atoms with Gasteiger partial charge < -0.3 is 9.64 Å². The molecule has 0 aliphatic carbocycles. The molecule has 26 heavy (non-hydrogen) atoms. The molecule has 2 rings (SSSR count). The van der Waals surface area contributed by atoms with E-state index in [1.165, 1.54) is 0 Å². The van der Waals surface area contributed by atoms with E-state index >= 15 is 0 Å². The maximum absolute atomic E-state index is 11.6. The van der Waals surface area contributed by atoms with Gasteiger partial charge in [-0.1, -0.05) is 23.2 Å². The quantitative estimate of drug-likeness (QED) is 0.480. The van der Waals surface area contributed by atoms with Gasteiger partial charge in [0.05, 0.1) is 22.9 Å². The van der Waals surface area contributed by atoms with Crippen molar-refractivity contribution < 1.29 is 9.53 Å². The van der Waals surface area contributed by atoms with Crippen LogP contribution in [0.15, 0.2) is 16.5 Å². The number of piperidine rings is 1. The van der Waals surface area contributed by atoms with Gasteiger partial charge in [-0.25, -0.2) is 4.40 Å². The Labute approximate surface area is 170 Å². The fourth-order valence-electron chi connectivity index (χ4n) is 2.90. The van der Waals surface area contributed by atoms with Gasteiger partial charge in [-0.15, -0.1) is 0 Å². The molecule has 7 heteroatoms. The number of carbonyl (C=O) groups is 1. The summed E-state index contributed by atoms with van der Waals surface area (Å²) in [5.74, 6) is 1.03. The van der Waals surface area contributed by atoms with Crippen molar-refractivity contribution in [2.45, 2.75) is 45.3 Å². The third-order valence-electron chi connectivity index (χ3n) is 4.26. The summed E-state index contributed by atoms with van der Waals surface area (Å²) in [6.45, 7) is 9.48. The van der Waals surface area contributed by atoms with Crippen LogP contribution in [0.2, 0.25) is 10.0 Å². The second-order valence-corrected chi connectivity index (χ2v) is 9.83. The first-order chi connectivity index (χ1) is 12.1. The minimum atomic E-state index is -0.00517. The van der Waals surface area contributed by atoms with Crippen LogP contribution in [0.1, 0.15) is 46.1 Å². The smallest absolute Gasteiger partial charge is 0.219 e. The van der Waals surface area contributed by atoms with Gasteiger partial charge in [0.15, 0.2) is 0 Å². The molecule has 144 valence electrons. The SMILES string of the molecule is COc1cc(Cl)c(Cl)cc1/C(=N/SC(C)(C)C)C1CCN(C(C)=O)CC1. The van der Waals surface area contributed by atoms with Crippen LogP contribution in [-0.2, 0) is 4.79 Å². The molecule has 0 N–H and O–H groups in total. The van der Waals surface area contributed by atoms with E-state index in [2.05, 4.69) is 20.8 Å². The van der Waals surface area contributed by atoms with Crippen molar-refractivity contribution in [2.75, 3.05) is 20.2 Å².